The van der Waals surface area contributed by atoms with Gasteiger partial charge in [-0.1, -0.05) is 0 Å². The molecule has 5 heteroatoms. The van der Waals surface area contributed by atoms with Crippen molar-refractivity contribution in [3.05, 3.63) is 29.8 Å². The number of benzene rings is 1. The topological polar surface area (TPSA) is 70.6 Å². The summed E-state index contributed by atoms with van der Waals surface area (Å²) in [5, 5.41) is 12.8. The zero-order chi connectivity index (χ0) is 9.68. The van der Waals surface area contributed by atoms with Crippen LogP contribution >= 0.6 is 12.2 Å². The van der Waals surface area contributed by atoms with E-state index < -0.39 is 0 Å². The highest BCUT2D eigenvalue weighted by molar-refractivity contribution is 7.80. The molecule has 0 fully saturated rings. The van der Waals surface area contributed by atoms with Gasteiger partial charge in [-0.15, -0.1) is 0 Å². The number of phenolic OH excluding ortho intramolecular Hbond substituents is 1. The van der Waals surface area contributed by atoms with Crippen LogP contribution in [0.15, 0.2) is 29.4 Å². The second kappa shape index (κ2) is 4.42. The third kappa shape index (κ3) is 3.53. The highest BCUT2D eigenvalue weighted by Gasteiger charge is 1.88. The van der Waals surface area contributed by atoms with Gasteiger partial charge in [0.25, 0.3) is 0 Å². The number of hydrogen-bond donors (Lipinski definition) is 3. The second-order valence-corrected chi connectivity index (χ2v) is 2.77. The zero-order valence-corrected chi connectivity index (χ0v) is 7.58. The van der Waals surface area contributed by atoms with Crippen LogP contribution in [-0.2, 0) is 0 Å². The van der Waals surface area contributed by atoms with Gasteiger partial charge in [-0.3, -0.25) is 5.43 Å². The first-order valence-corrected chi connectivity index (χ1v) is 3.97. The zero-order valence-electron chi connectivity index (χ0n) is 6.77. The van der Waals surface area contributed by atoms with Gasteiger partial charge >= 0.3 is 0 Å². The lowest BCUT2D eigenvalue weighted by Crippen LogP contribution is -2.23. The van der Waals surface area contributed by atoms with Gasteiger partial charge in [0.1, 0.15) is 5.75 Å². The molecule has 0 amide bonds. The maximum absolute atomic E-state index is 8.97. The molecule has 1 rings (SSSR count). The summed E-state index contributed by atoms with van der Waals surface area (Å²) in [5.41, 5.74) is 8.42. The predicted molar refractivity (Wildman–Crippen MR) is 55.6 cm³/mol. The lowest BCUT2D eigenvalue weighted by atomic mass is 10.2. The number of nitrogens with two attached hydrogens (primary N) is 1. The van der Waals surface area contributed by atoms with E-state index in [2.05, 4.69) is 22.7 Å². The largest absolute Gasteiger partial charge is 0.508 e. The van der Waals surface area contributed by atoms with Gasteiger partial charge in [-0.25, -0.2) is 0 Å². The first kappa shape index (κ1) is 9.47. The van der Waals surface area contributed by atoms with Crippen molar-refractivity contribution in [3.8, 4) is 5.75 Å². The number of rotatable bonds is 2. The van der Waals surface area contributed by atoms with Crippen LogP contribution in [0, 0.1) is 0 Å². The fraction of sp³-hybridized carbons (Fsp3) is 0. The minimum Gasteiger partial charge on any atom is -0.508 e. The molecular weight excluding hydrogens is 186 g/mol. The minimum atomic E-state index is 0.120. The predicted octanol–water partition coefficient (Wildman–Crippen LogP) is 0.559. The Hall–Kier alpha value is -1.62. The van der Waals surface area contributed by atoms with Gasteiger partial charge in [0.15, 0.2) is 5.11 Å². The lowest BCUT2D eigenvalue weighted by molar-refractivity contribution is 0.475. The van der Waals surface area contributed by atoms with Gasteiger partial charge in [-0.2, -0.15) is 5.10 Å². The van der Waals surface area contributed by atoms with Crippen molar-refractivity contribution in [1.29, 1.82) is 0 Å². The first-order chi connectivity index (χ1) is 6.18. The van der Waals surface area contributed by atoms with Gasteiger partial charge in [0, 0.05) is 0 Å². The standard InChI is InChI=1S/C8H9N3OS/c9-8(13)11-10-5-6-1-3-7(12)4-2-6/h1-5,12H,(H3,9,11,13)/b10-5+. The molecule has 0 spiro atoms. The summed E-state index contributed by atoms with van der Waals surface area (Å²) >= 11 is 4.54. The summed E-state index contributed by atoms with van der Waals surface area (Å²) < 4.78 is 0. The van der Waals surface area contributed by atoms with E-state index in [0.29, 0.717) is 0 Å². The molecule has 0 heterocycles. The van der Waals surface area contributed by atoms with E-state index in [1.165, 1.54) is 0 Å². The molecule has 0 bridgehead atoms. The van der Waals surface area contributed by atoms with Gasteiger partial charge in [0.05, 0.1) is 6.21 Å². The molecule has 13 heavy (non-hydrogen) atoms. The molecule has 0 aliphatic heterocycles. The molecule has 0 saturated heterocycles. The molecule has 0 aromatic heterocycles. The fourth-order valence-electron chi connectivity index (χ4n) is 0.731. The Balaban J connectivity index is 2.59. The summed E-state index contributed by atoms with van der Waals surface area (Å²) in [6.45, 7) is 0. The Labute approximate surface area is 81.1 Å². The van der Waals surface area contributed by atoms with Gasteiger partial charge in [0.2, 0.25) is 0 Å². The molecule has 0 aliphatic rings. The molecule has 4 N–H and O–H groups in total. The van der Waals surface area contributed by atoms with E-state index in [4.69, 9.17) is 10.8 Å². The Bertz CT molecular complexity index is 321. The Morgan fingerprint density at radius 1 is 1.46 bits per heavy atom. The molecule has 1 aromatic rings. The average molecular weight is 195 g/mol. The van der Waals surface area contributed by atoms with E-state index in [-0.39, 0.29) is 10.9 Å². The van der Waals surface area contributed by atoms with E-state index in [1.54, 1.807) is 30.5 Å². The number of nitrogens with one attached hydrogen (secondary N) is 1. The molecule has 0 unspecified atom stereocenters. The molecule has 0 aliphatic carbocycles. The van der Waals surface area contributed by atoms with Crippen LogP contribution in [0.4, 0.5) is 0 Å². The lowest BCUT2D eigenvalue weighted by Gasteiger charge is -1.95. The van der Waals surface area contributed by atoms with Crippen molar-refractivity contribution < 1.29 is 5.11 Å². The summed E-state index contributed by atoms with van der Waals surface area (Å²) in [6, 6.07) is 6.59. The third-order valence-electron chi connectivity index (χ3n) is 1.28. The number of hydrazone groups is 1. The summed E-state index contributed by atoms with van der Waals surface area (Å²) in [5.74, 6) is 0.222. The van der Waals surface area contributed by atoms with Crippen molar-refractivity contribution in [2.75, 3.05) is 0 Å². The SMILES string of the molecule is NC(=S)N/N=C/c1ccc(O)cc1. The first-order valence-electron chi connectivity index (χ1n) is 3.56. The van der Waals surface area contributed by atoms with E-state index >= 15 is 0 Å². The molecule has 0 saturated carbocycles. The molecule has 0 atom stereocenters. The quantitative estimate of drug-likeness (QED) is 0.366. The molecule has 4 nitrogen and oxygen atoms in total. The molecular formula is C8H9N3OS. The maximum atomic E-state index is 8.97. The third-order valence-corrected chi connectivity index (χ3v) is 1.37. The minimum absolute atomic E-state index is 0.120. The van der Waals surface area contributed by atoms with Crippen LogP contribution in [0.5, 0.6) is 5.75 Å². The van der Waals surface area contributed by atoms with Crippen molar-refractivity contribution in [1.82, 2.24) is 5.43 Å². The number of thiocarbonyl (C=S) groups is 1. The highest BCUT2D eigenvalue weighted by Crippen LogP contribution is 2.07. The van der Waals surface area contributed by atoms with Crippen LogP contribution in [0.1, 0.15) is 5.56 Å². The van der Waals surface area contributed by atoms with E-state index in [9.17, 15) is 0 Å². The van der Waals surface area contributed by atoms with Crippen molar-refractivity contribution in [2.24, 2.45) is 10.8 Å². The van der Waals surface area contributed by atoms with Crippen LogP contribution in [0.2, 0.25) is 0 Å². The summed E-state index contributed by atoms with van der Waals surface area (Å²) in [7, 11) is 0. The summed E-state index contributed by atoms with van der Waals surface area (Å²) in [4.78, 5) is 0. The molecule has 68 valence electrons. The van der Waals surface area contributed by atoms with Crippen molar-refractivity contribution >= 4 is 23.5 Å². The average Bonchev–Trinajstić information content (AvgIpc) is 2.08. The Kier molecular flexibility index (Phi) is 3.22. The van der Waals surface area contributed by atoms with E-state index in [0.717, 1.165) is 5.56 Å². The number of hydrogen-bond acceptors (Lipinski definition) is 3. The fourth-order valence-corrected chi connectivity index (χ4v) is 0.784. The number of phenols is 1. The normalized spacial score (nSPS) is 10.2. The monoisotopic (exact) mass is 195 g/mol. The smallest absolute Gasteiger partial charge is 0.184 e. The van der Waals surface area contributed by atoms with Gasteiger partial charge in [-0.05, 0) is 42.0 Å². The van der Waals surface area contributed by atoms with Crippen LogP contribution in [0.25, 0.3) is 0 Å². The molecule has 0 radical (unpaired) electrons. The highest BCUT2D eigenvalue weighted by atomic mass is 32.1. The maximum Gasteiger partial charge on any atom is 0.184 e. The Morgan fingerprint density at radius 3 is 2.62 bits per heavy atom. The van der Waals surface area contributed by atoms with Crippen LogP contribution in [-0.4, -0.2) is 16.4 Å². The van der Waals surface area contributed by atoms with Crippen LogP contribution in [0.3, 0.4) is 0 Å². The van der Waals surface area contributed by atoms with Crippen molar-refractivity contribution in [2.45, 2.75) is 0 Å². The number of aromatic hydroxyl groups is 1. The van der Waals surface area contributed by atoms with Crippen LogP contribution < -0.4 is 11.2 Å². The second-order valence-electron chi connectivity index (χ2n) is 2.33. The van der Waals surface area contributed by atoms with Gasteiger partial charge < -0.3 is 10.8 Å². The Morgan fingerprint density at radius 2 is 2.08 bits per heavy atom. The molecule has 1 aromatic carbocycles. The van der Waals surface area contributed by atoms with Crippen molar-refractivity contribution in [3.63, 3.8) is 0 Å². The number of nitrogens with zero attached hydrogens (tertiary/aromatic N) is 1. The van der Waals surface area contributed by atoms with E-state index in [1.807, 2.05) is 0 Å². The summed E-state index contributed by atoms with van der Waals surface area (Å²) in [6.07, 6.45) is 1.55.